The summed E-state index contributed by atoms with van der Waals surface area (Å²) >= 11 is 5.13. The van der Waals surface area contributed by atoms with Gasteiger partial charge in [0, 0.05) is 24.3 Å². The Hall–Kier alpha value is -1.62. The molecule has 1 aromatic rings. The van der Waals surface area contributed by atoms with Gasteiger partial charge in [0.15, 0.2) is 0 Å². The summed E-state index contributed by atoms with van der Waals surface area (Å²) in [4.78, 5) is 14.4. The fraction of sp³-hybridized carbons (Fsp3) is 0.429. The van der Waals surface area contributed by atoms with Crippen molar-refractivity contribution in [2.24, 2.45) is 5.73 Å². The van der Waals surface area contributed by atoms with Crippen molar-refractivity contribution in [3.63, 3.8) is 0 Å². The first-order valence-electron chi connectivity index (χ1n) is 6.49. The van der Waals surface area contributed by atoms with Crippen LogP contribution in [-0.2, 0) is 4.79 Å². The van der Waals surface area contributed by atoms with Crippen molar-refractivity contribution in [1.82, 2.24) is 5.32 Å². The lowest BCUT2D eigenvalue weighted by Crippen LogP contribution is -2.55. The van der Waals surface area contributed by atoms with Gasteiger partial charge in [-0.2, -0.15) is 0 Å². The average Bonchev–Trinajstić information content (AvgIpc) is 2.38. The quantitative estimate of drug-likeness (QED) is 0.819. The SMILES string of the molecule is CCC1C(=O)NCCN1c1ccc(C)cc1C(N)=S. The first kappa shape index (κ1) is 13.8. The number of rotatable bonds is 3. The number of hydrogen-bond donors (Lipinski definition) is 2. The summed E-state index contributed by atoms with van der Waals surface area (Å²) in [7, 11) is 0. The van der Waals surface area contributed by atoms with E-state index < -0.39 is 0 Å². The van der Waals surface area contributed by atoms with Crippen molar-refractivity contribution in [1.29, 1.82) is 0 Å². The van der Waals surface area contributed by atoms with Gasteiger partial charge in [0.05, 0.1) is 0 Å². The lowest BCUT2D eigenvalue weighted by Gasteiger charge is -2.37. The third-order valence-corrected chi connectivity index (χ3v) is 3.66. The molecule has 1 aliphatic heterocycles. The Balaban J connectivity index is 2.45. The van der Waals surface area contributed by atoms with Crippen LogP contribution in [0, 0.1) is 6.92 Å². The molecule has 1 aliphatic rings. The summed E-state index contributed by atoms with van der Waals surface area (Å²) in [6, 6.07) is 5.86. The van der Waals surface area contributed by atoms with Crippen molar-refractivity contribution in [2.75, 3.05) is 18.0 Å². The lowest BCUT2D eigenvalue weighted by atomic mass is 10.0. The standard InChI is InChI=1S/C14H19N3OS/c1-3-11-14(18)16-6-7-17(11)12-5-4-9(2)8-10(12)13(15)19/h4-5,8,11H,3,6-7H2,1-2H3,(H2,15,19)(H,16,18). The van der Waals surface area contributed by atoms with E-state index in [1.54, 1.807) is 0 Å². The number of nitrogens with one attached hydrogen (secondary N) is 1. The highest BCUT2D eigenvalue weighted by atomic mass is 32.1. The van der Waals surface area contributed by atoms with Crippen molar-refractivity contribution < 1.29 is 4.79 Å². The highest BCUT2D eigenvalue weighted by Crippen LogP contribution is 2.26. The molecule has 5 heteroatoms. The van der Waals surface area contributed by atoms with Crippen LogP contribution in [0.4, 0.5) is 5.69 Å². The van der Waals surface area contributed by atoms with E-state index in [4.69, 9.17) is 18.0 Å². The number of nitrogens with two attached hydrogens (primary N) is 1. The minimum Gasteiger partial charge on any atom is -0.389 e. The van der Waals surface area contributed by atoms with E-state index in [9.17, 15) is 4.79 Å². The zero-order chi connectivity index (χ0) is 14.0. The highest BCUT2D eigenvalue weighted by molar-refractivity contribution is 7.80. The Bertz CT molecular complexity index is 515. The molecule has 0 bridgehead atoms. The fourth-order valence-corrected chi connectivity index (χ4v) is 2.67. The van der Waals surface area contributed by atoms with Gasteiger partial charge < -0.3 is 16.0 Å². The van der Waals surface area contributed by atoms with Gasteiger partial charge >= 0.3 is 0 Å². The maximum Gasteiger partial charge on any atom is 0.242 e. The van der Waals surface area contributed by atoms with E-state index in [2.05, 4.69) is 10.2 Å². The summed E-state index contributed by atoms with van der Waals surface area (Å²) in [5, 5.41) is 2.90. The first-order chi connectivity index (χ1) is 9.04. The molecule has 0 aromatic heterocycles. The number of nitrogens with zero attached hydrogens (tertiary/aromatic N) is 1. The molecular weight excluding hydrogens is 258 g/mol. The van der Waals surface area contributed by atoms with Crippen molar-refractivity contribution in [3.05, 3.63) is 29.3 Å². The number of hydrogen-bond acceptors (Lipinski definition) is 3. The largest absolute Gasteiger partial charge is 0.389 e. The topological polar surface area (TPSA) is 58.4 Å². The maximum absolute atomic E-state index is 11.9. The molecule has 102 valence electrons. The van der Waals surface area contributed by atoms with Crippen LogP contribution in [-0.4, -0.2) is 30.0 Å². The number of aryl methyl sites for hydroxylation is 1. The molecule has 0 spiro atoms. The molecule has 1 atom stereocenters. The molecule has 1 amide bonds. The van der Waals surface area contributed by atoms with Gasteiger partial charge in [0.1, 0.15) is 11.0 Å². The van der Waals surface area contributed by atoms with Crippen molar-refractivity contribution in [3.8, 4) is 0 Å². The highest BCUT2D eigenvalue weighted by Gasteiger charge is 2.29. The van der Waals surface area contributed by atoms with Gasteiger partial charge in [-0.1, -0.05) is 30.8 Å². The molecular formula is C14H19N3OS. The molecule has 0 radical (unpaired) electrons. The second kappa shape index (κ2) is 5.57. The van der Waals surface area contributed by atoms with Crippen LogP contribution in [0.25, 0.3) is 0 Å². The number of carbonyl (C=O) groups is 1. The molecule has 1 unspecified atom stereocenters. The monoisotopic (exact) mass is 277 g/mol. The van der Waals surface area contributed by atoms with Crippen LogP contribution in [0.3, 0.4) is 0 Å². The lowest BCUT2D eigenvalue weighted by molar-refractivity contribution is -0.123. The summed E-state index contributed by atoms with van der Waals surface area (Å²) in [5.74, 6) is 0.0724. The van der Waals surface area contributed by atoms with E-state index in [0.29, 0.717) is 11.5 Å². The minimum atomic E-state index is -0.149. The molecule has 2 rings (SSSR count). The molecule has 1 heterocycles. The smallest absolute Gasteiger partial charge is 0.242 e. The molecule has 1 saturated heterocycles. The molecule has 1 aromatic carbocycles. The van der Waals surface area contributed by atoms with E-state index >= 15 is 0 Å². The van der Waals surface area contributed by atoms with Crippen molar-refractivity contribution in [2.45, 2.75) is 26.3 Å². The normalized spacial score (nSPS) is 19.2. The third-order valence-electron chi connectivity index (χ3n) is 3.44. The van der Waals surface area contributed by atoms with E-state index in [1.165, 1.54) is 0 Å². The van der Waals surface area contributed by atoms with Crippen LogP contribution in [0.2, 0.25) is 0 Å². The zero-order valence-corrected chi connectivity index (χ0v) is 12.1. The summed E-state index contributed by atoms with van der Waals surface area (Å²) in [6.45, 7) is 5.45. The number of amides is 1. The summed E-state index contributed by atoms with van der Waals surface area (Å²) < 4.78 is 0. The van der Waals surface area contributed by atoms with Gasteiger partial charge in [0.2, 0.25) is 5.91 Å². The van der Waals surface area contributed by atoms with Gasteiger partial charge in [-0.05, 0) is 25.5 Å². The Kier molecular flexibility index (Phi) is 4.04. The van der Waals surface area contributed by atoms with E-state index in [0.717, 1.165) is 29.8 Å². The van der Waals surface area contributed by atoms with Crippen molar-refractivity contribution >= 4 is 28.8 Å². The van der Waals surface area contributed by atoms with Gasteiger partial charge in [0.25, 0.3) is 0 Å². The van der Waals surface area contributed by atoms with E-state index in [-0.39, 0.29) is 11.9 Å². The molecule has 3 N–H and O–H groups in total. The Morgan fingerprint density at radius 1 is 1.58 bits per heavy atom. The third kappa shape index (κ3) is 2.71. The minimum absolute atomic E-state index is 0.0724. The van der Waals surface area contributed by atoms with Gasteiger partial charge in [-0.25, -0.2) is 0 Å². The van der Waals surface area contributed by atoms with Crippen LogP contribution < -0.4 is 16.0 Å². The second-order valence-corrected chi connectivity index (χ2v) is 5.23. The molecule has 19 heavy (non-hydrogen) atoms. The maximum atomic E-state index is 11.9. The number of anilines is 1. The molecule has 0 saturated carbocycles. The number of piperazine rings is 1. The van der Waals surface area contributed by atoms with Gasteiger partial charge in [-0.3, -0.25) is 4.79 Å². The Morgan fingerprint density at radius 3 is 2.95 bits per heavy atom. The average molecular weight is 277 g/mol. The molecule has 1 fully saturated rings. The molecule has 0 aliphatic carbocycles. The Morgan fingerprint density at radius 2 is 2.32 bits per heavy atom. The predicted molar refractivity (Wildman–Crippen MR) is 81.5 cm³/mol. The number of thiocarbonyl (C=S) groups is 1. The predicted octanol–water partition coefficient (Wildman–Crippen LogP) is 1.34. The number of benzene rings is 1. The van der Waals surface area contributed by atoms with E-state index in [1.807, 2.05) is 32.0 Å². The van der Waals surface area contributed by atoms with Crippen LogP contribution >= 0.6 is 12.2 Å². The number of carbonyl (C=O) groups excluding carboxylic acids is 1. The van der Waals surface area contributed by atoms with Crippen LogP contribution in [0.1, 0.15) is 24.5 Å². The fourth-order valence-electron chi connectivity index (χ4n) is 2.51. The second-order valence-electron chi connectivity index (χ2n) is 4.79. The summed E-state index contributed by atoms with van der Waals surface area (Å²) in [5.41, 5.74) is 8.74. The van der Waals surface area contributed by atoms with Gasteiger partial charge in [-0.15, -0.1) is 0 Å². The first-order valence-corrected chi connectivity index (χ1v) is 6.90. The van der Waals surface area contributed by atoms with Crippen LogP contribution in [0.5, 0.6) is 0 Å². The van der Waals surface area contributed by atoms with Crippen LogP contribution in [0.15, 0.2) is 18.2 Å². The summed E-state index contributed by atoms with van der Waals surface area (Å²) in [6.07, 6.45) is 0.760. The molecule has 4 nitrogen and oxygen atoms in total. The zero-order valence-electron chi connectivity index (χ0n) is 11.3. The Labute approximate surface area is 119 Å².